The Morgan fingerprint density at radius 1 is 1.19 bits per heavy atom. The number of rotatable bonds is 7. The molecule has 0 aliphatic heterocycles. The van der Waals surface area contributed by atoms with Crippen molar-refractivity contribution < 1.29 is 4.79 Å². The smallest absolute Gasteiger partial charge is 0.307 e. The van der Waals surface area contributed by atoms with Gasteiger partial charge in [0.25, 0.3) is 5.56 Å². The number of unbranched alkanes of at least 4 members (excludes halogenated alkanes) is 2. The molecule has 0 spiro atoms. The van der Waals surface area contributed by atoms with Gasteiger partial charge in [-0.25, -0.2) is 9.78 Å². The van der Waals surface area contributed by atoms with Crippen LogP contribution in [0.3, 0.4) is 0 Å². The number of aryl methyl sites for hydroxylation is 2. The molecule has 1 aromatic carbocycles. The van der Waals surface area contributed by atoms with Gasteiger partial charge in [0.2, 0.25) is 5.91 Å². The topological polar surface area (TPSA) is 96.8 Å². The zero-order valence-corrected chi connectivity index (χ0v) is 16.2. The van der Waals surface area contributed by atoms with E-state index in [-0.39, 0.29) is 11.5 Å². The number of nitrogens with zero attached hydrogens (tertiary/aromatic N) is 2. The Hall–Kier alpha value is -2.74. The summed E-state index contributed by atoms with van der Waals surface area (Å²) in [5, 5.41) is 3.94. The number of carbonyl (C=O) groups is 1. The number of hydrogen-bond donors (Lipinski definition) is 2. The molecular weight excluding hydrogens is 364 g/mol. The second kappa shape index (κ2) is 8.30. The first kappa shape index (κ1) is 19.0. The van der Waals surface area contributed by atoms with Crippen molar-refractivity contribution in [1.82, 2.24) is 14.5 Å². The number of carbonyl (C=O) groups excluding carboxylic acids is 1. The van der Waals surface area contributed by atoms with E-state index in [4.69, 9.17) is 0 Å². The number of benzene rings is 1. The molecule has 2 aromatic heterocycles. The van der Waals surface area contributed by atoms with E-state index in [0.717, 1.165) is 17.0 Å². The van der Waals surface area contributed by atoms with Crippen LogP contribution in [-0.4, -0.2) is 20.4 Å². The number of aromatic amines is 1. The molecule has 8 heteroatoms. The van der Waals surface area contributed by atoms with Crippen molar-refractivity contribution in [1.29, 1.82) is 0 Å². The maximum Gasteiger partial charge on any atom is 0.328 e. The predicted molar refractivity (Wildman–Crippen MR) is 108 cm³/mol. The number of amides is 1. The van der Waals surface area contributed by atoms with Crippen molar-refractivity contribution in [3.8, 4) is 0 Å². The Balaban J connectivity index is 1.49. The summed E-state index contributed by atoms with van der Waals surface area (Å²) in [6.07, 6.45) is 2.49. The summed E-state index contributed by atoms with van der Waals surface area (Å²) in [7, 11) is 0. The van der Waals surface area contributed by atoms with Gasteiger partial charge < -0.3 is 10.3 Å². The van der Waals surface area contributed by atoms with Crippen LogP contribution < -0.4 is 16.6 Å². The van der Waals surface area contributed by atoms with Gasteiger partial charge in [0.1, 0.15) is 0 Å². The third kappa shape index (κ3) is 4.51. The molecule has 0 saturated carbocycles. The summed E-state index contributed by atoms with van der Waals surface area (Å²) in [6.45, 7) is 4.22. The van der Waals surface area contributed by atoms with Crippen molar-refractivity contribution in [3.05, 3.63) is 55.7 Å². The van der Waals surface area contributed by atoms with E-state index in [0.29, 0.717) is 41.8 Å². The maximum atomic E-state index is 12.4. The monoisotopic (exact) mass is 386 g/mol. The molecule has 2 N–H and O–H groups in total. The zero-order chi connectivity index (χ0) is 19.4. The fourth-order valence-electron chi connectivity index (χ4n) is 2.84. The highest BCUT2D eigenvalue weighted by atomic mass is 32.1. The molecule has 0 radical (unpaired) electrons. The molecule has 0 saturated heterocycles. The molecule has 7 nitrogen and oxygen atoms in total. The Labute approximate surface area is 160 Å². The molecule has 0 aliphatic rings. The Kier molecular flexibility index (Phi) is 5.85. The highest BCUT2D eigenvalue weighted by molar-refractivity contribution is 7.15. The summed E-state index contributed by atoms with van der Waals surface area (Å²) < 4.78 is 1.23. The van der Waals surface area contributed by atoms with Gasteiger partial charge in [0.05, 0.1) is 16.6 Å². The Morgan fingerprint density at radius 3 is 2.70 bits per heavy atom. The quantitative estimate of drug-likeness (QED) is 0.610. The largest absolute Gasteiger partial charge is 0.328 e. The summed E-state index contributed by atoms with van der Waals surface area (Å²) in [5.74, 6) is -0.0653. The Morgan fingerprint density at radius 2 is 1.96 bits per heavy atom. The molecular formula is C19H22N4O3S. The zero-order valence-electron chi connectivity index (χ0n) is 15.4. The lowest BCUT2D eigenvalue weighted by Crippen LogP contribution is -2.35. The van der Waals surface area contributed by atoms with Crippen LogP contribution >= 0.6 is 11.3 Å². The van der Waals surface area contributed by atoms with Crippen molar-refractivity contribution in [3.63, 3.8) is 0 Å². The number of H-pyrrole nitrogens is 1. The molecule has 0 unspecified atom stereocenters. The van der Waals surface area contributed by atoms with Gasteiger partial charge >= 0.3 is 5.69 Å². The number of aromatic nitrogens is 3. The lowest BCUT2D eigenvalue weighted by Gasteiger charge is -2.06. The van der Waals surface area contributed by atoms with E-state index in [1.54, 1.807) is 24.3 Å². The number of para-hydroxylation sites is 1. The van der Waals surface area contributed by atoms with Crippen LogP contribution in [0.15, 0.2) is 33.9 Å². The van der Waals surface area contributed by atoms with Gasteiger partial charge in [-0.2, -0.15) is 0 Å². The first-order valence-corrected chi connectivity index (χ1v) is 9.73. The minimum absolute atomic E-state index is 0.0653. The minimum atomic E-state index is -0.397. The van der Waals surface area contributed by atoms with E-state index in [1.807, 2.05) is 13.8 Å². The molecule has 142 valence electrons. The number of nitrogens with one attached hydrogen (secondary N) is 2. The van der Waals surface area contributed by atoms with E-state index in [9.17, 15) is 14.4 Å². The molecule has 3 aromatic rings. The third-order valence-electron chi connectivity index (χ3n) is 4.45. The molecule has 2 heterocycles. The maximum absolute atomic E-state index is 12.4. The fourth-order valence-corrected chi connectivity index (χ4v) is 3.67. The highest BCUT2D eigenvalue weighted by Gasteiger charge is 2.09. The van der Waals surface area contributed by atoms with Crippen molar-refractivity contribution in [2.45, 2.75) is 46.1 Å². The molecule has 3 rings (SSSR count). The first-order valence-electron chi connectivity index (χ1n) is 8.91. The van der Waals surface area contributed by atoms with Gasteiger partial charge in [-0.3, -0.25) is 14.2 Å². The average Bonchev–Trinajstić information content (AvgIpc) is 2.94. The highest BCUT2D eigenvalue weighted by Crippen LogP contribution is 2.21. The number of hydrogen-bond acceptors (Lipinski definition) is 5. The average molecular weight is 386 g/mol. The SMILES string of the molecule is Cc1nc(NC(=O)CCCCCn2c(=O)[nH]c3ccccc3c2=O)sc1C. The summed E-state index contributed by atoms with van der Waals surface area (Å²) in [5.41, 5.74) is 0.807. The second-order valence-electron chi connectivity index (χ2n) is 6.45. The van der Waals surface area contributed by atoms with Gasteiger partial charge in [-0.15, -0.1) is 11.3 Å². The van der Waals surface area contributed by atoms with Crippen molar-refractivity contribution in [2.24, 2.45) is 0 Å². The molecule has 1 amide bonds. The van der Waals surface area contributed by atoms with Crippen molar-refractivity contribution >= 4 is 33.3 Å². The molecule has 0 fully saturated rings. The third-order valence-corrected chi connectivity index (χ3v) is 5.44. The normalized spacial score (nSPS) is 11.0. The van der Waals surface area contributed by atoms with Crippen LogP contribution in [0.25, 0.3) is 10.9 Å². The summed E-state index contributed by atoms with van der Waals surface area (Å²) in [4.78, 5) is 44.6. The number of thiazole rings is 1. The van der Waals surface area contributed by atoms with E-state index >= 15 is 0 Å². The van der Waals surface area contributed by atoms with Gasteiger partial charge in [0, 0.05) is 17.8 Å². The van der Waals surface area contributed by atoms with Crippen LogP contribution in [0.4, 0.5) is 5.13 Å². The predicted octanol–water partition coefficient (Wildman–Crippen LogP) is 2.96. The van der Waals surface area contributed by atoms with E-state index < -0.39 is 5.69 Å². The Bertz CT molecular complexity index is 1060. The van der Waals surface area contributed by atoms with Gasteiger partial charge in [-0.1, -0.05) is 18.6 Å². The van der Waals surface area contributed by atoms with E-state index in [2.05, 4.69) is 15.3 Å². The second-order valence-corrected chi connectivity index (χ2v) is 7.66. The molecule has 0 aliphatic carbocycles. The van der Waals surface area contributed by atoms with Gasteiger partial charge in [-0.05, 0) is 38.8 Å². The van der Waals surface area contributed by atoms with Crippen LogP contribution in [0.2, 0.25) is 0 Å². The summed E-state index contributed by atoms with van der Waals surface area (Å²) >= 11 is 1.47. The number of fused-ring (bicyclic) bond motifs is 1. The van der Waals surface area contributed by atoms with Crippen LogP contribution in [0, 0.1) is 13.8 Å². The number of anilines is 1. The van der Waals surface area contributed by atoms with Crippen LogP contribution in [-0.2, 0) is 11.3 Å². The lowest BCUT2D eigenvalue weighted by molar-refractivity contribution is -0.116. The van der Waals surface area contributed by atoms with Crippen LogP contribution in [0.1, 0.15) is 36.3 Å². The fraction of sp³-hybridized carbons (Fsp3) is 0.368. The van der Waals surface area contributed by atoms with Crippen molar-refractivity contribution in [2.75, 3.05) is 5.32 Å². The molecule has 0 atom stereocenters. The molecule has 0 bridgehead atoms. The standard InChI is InChI=1S/C19H22N4O3S/c1-12-13(2)27-18(20-12)22-16(24)10-4-3-7-11-23-17(25)14-8-5-6-9-15(14)21-19(23)26/h5-6,8-9H,3-4,7,10-11H2,1-2H3,(H,21,26)(H,20,22,24). The summed E-state index contributed by atoms with van der Waals surface area (Å²) in [6, 6.07) is 6.97. The lowest BCUT2D eigenvalue weighted by atomic mass is 10.2. The van der Waals surface area contributed by atoms with Crippen LogP contribution in [0.5, 0.6) is 0 Å². The molecule has 27 heavy (non-hydrogen) atoms. The first-order chi connectivity index (χ1) is 13.0. The van der Waals surface area contributed by atoms with Gasteiger partial charge in [0.15, 0.2) is 5.13 Å². The minimum Gasteiger partial charge on any atom is -0.307 e. The van der Waals surface area contributed by atoms with E-state index in [1.165, 1.54) is 15.9 Å².